The molecule has 1 aromatic carbocycles. The molecule has 90 valence electrons. The van der Waals surface area contributed by atoms with Crippen LogP contribution in [0, 0.1) is 0 Å². The van der Waals surface area contributed by atoms with Gasteiger partial charge >= 0.3 is 0 Å². The van der Waals surface area contributed by atoms with Crippen LogP contribution >= 0.6 is 27.5 Å². The van der Waals surface area contributed by atoms with Crippen molar-refractivity contribution in [3.05, 3.63) is 33.3 Å². The van der Waals surface area contributed by atoms with Crippen LogP contribution in [0.25, 0.3) is 0 Å². The van der Waals surface area contributed by atoms with E-state index in [1.54, 1.807) is 0 Å². The van der Waals surface area contributed by atoms with Gasteiger partial charge in [0.2, 0.25) is 0 Å². The number of nitrogens with two attached hydrogens (primary N) is 1. The Morgan fingerprint density at radius 1 is 1.56 bits per heavy atom. The summed E-state index contributed by atoms with van der Waals surface area (Å²) in [5.74, 6) is 5.46. The predicted octanol–water partition coefficient (Wildman–Crippen LogP) is 2.51. The standard InChI is InChI=1S/C11H16BrClN2O/c1-2-16-7-10(15-14)5-8-3-4-9(12)6-11(8)13/h3-4,6,10,15H,2,5,7,14H2,1H3. The molecule has 0 aliphatic heterocycles. The molecule has 1 unspecified atom stereocenters. The van der Waals surface area contributed by atoms with E-state index in [4.69, 9.17) is 22.2 Å². The second-order valence-corrected chi connectivity index (χ2v) is 4.79. The summed E-state index contributed by atoms with van der Waals surface area (Å²) in [4.78, 5) is 0. The van der Waals surface area contributed by atoms with Crippen molar-refractivity contribution in [3.8, 4) is 0 Å². The average molecular weight is 308 g/mol. The van der Waals surface area contributed by atoms with Gasteiger partial charge in [0.15, 0.2) is 0 Å². The van der Waals surface area contributed by atoms with Crippen LogP contribution in [0.5, 0.6) is 0 Å². The van der Waals surface area contributed by atoms with E-state index in [1.807, 2.05) is 25.1 Å². The van der Waals surface area contributed by atoms with E-state index < -0.39 is 0 Å². The SMILES string of the molecule is CCOCC(Cc1ccc(Br)cc1Cl)NN. The normalized spacial score (nSPS) is 12.8. The van der Waals surface area contributed by atoms with Gasteiger partial charge in [-0.2, -0.15) is 0 Å². The van der Waals surface area contributed by atoms with E-state index in [0.29, 0.717) is 13.2 Å². The molecule has 0 spiro atoms. The average Bonchev–Trinajstić information content (AvgIpc) is 2.27. The summed E-state index contributed by atoms with van der Waals surface area (Å²) in [6.45, 7) is 3.23. The van der Waals surface area contributed by atoms with E-state index in [0.717, 1.165) is 21.5 Å². The number of hydrogen-bond acceptors (Lipinski definition) is 3. The quantitative estimate of drug-likeness (QED) is 0.627. The number of hydrogen-bond donors (Lipinski definition) is 2. The Morgan fingerprint density at radius 2 is 2.31 bits per heavy atom. The number of ether oxygens (including phenoxy) is 1. The summed E-state index contributed by atoms with van der Waals surface area (Å²) in [5.41, 5.74) is 3.79. The van der Waals surface area contributed by atoms with Crippen LogP contribution in [-0.4, -0.2) is 19.3 Å². The van der Waals surface area contributed by atoms with Gasteiger partial charge in [0, 0.05) is 22.1 Å². The van der Waals surface area contributed by atoms with Crippen molar-refractivity contribution in [2.75, 3.05) is 13.2 Å². The maximum atomic E-state index is 6.13. The third-order valence-corrected chi connectivity index (χ3v) is 3.09. The lowest BCUT2D eigenvalue weighted by molar-refractivity contribution is 0.123. The third-order valence-electron chi connectivity index (χ3n) is 2.24. The topological polar surface area (TPSA) is 47.3 Å². The summed E-state index contributed by atoms with van der Waals surface area (Å²) in [5, 5.41) is 0.742. The second kappa shape index (κ2) is 7.25. The molecule has 0 heterocycles. The van der Waals surface area contributed by atoms with Crippen molar-refractivity contribution in [1.29, 1.82) is 0 Å². The molecule has 0 saturated heterocycles. The second-order valence-electron chi connectivity index (χ2n) is 3.46. The van der Waals surface area contributed by atoms with Gasteiger partial charge in [-0.05, 0) is 31.0 Å². The van der Waals surface area contributed by atoms with E-state index in [-0.39, 0.29) is 6.04 Å². The zero-order valence-corrected chi connectivity index (χ0v) is 11.5. The monoisotopic (exact) mass is 306 g/mol. The van der Waals surface area contributed by atoms with Crippen LogP contribution in [-0.2, 0) is 11.2 Å². The Kier molecular flexibility index (Phi) is 6.31. The van der Waals surface area contributed by atoms with E-state index in [1.165, 1.54) is 0 Å². The lowest BCUT2D eigenvalue weighted by Gasteiger charge is -2.16. The van der Waals surface area contributed by atoms with Crippen molar-refractivity contribution in [1.82, 2.24) is 5.43 Å². The Balaban J connectivity index is 2.62. The van der Waals surface area contributed by atoms with Crippen molar-refractivity contribution >= 4 is 27.5 Å². The van der Waals surface area contributed by atoms with Gasteiger partial charge in [-0.1, -0.05) is 33.6 Å². The summed E-state index contributed by atoms with van der Waals surface area (Å²) in [6.07, 6.45) is 0.753. The number of benzene rings is 1. The van der Waals surface area contributed by atoms with Crippen molar-refractivity contribution in [2.24, 2.45) is 5.84 Å². The van der Waals surface area contributed by atoms with Crippen molar-refractivity contribution in [3.63, 3.8) is 0 Å². The Morgan fingerprint density at radius 3 is 2.88 bits per heavy atom. The molecule has 0 amide bonds. The number of hydrazine groups is 1. The molecule has 0 aliphatic rings. The largest absolute Gasteiger partial charge is 0.380 e. The smallest absolute Gasteiger partial charge is 0.0636 e. The molecule has 0 fully saturated rings. The number of rotatable bonds is 6. The van der Waals surface area contributed by atoms with E-state index in [2.05, 4.69) is 21.4 Å². The van der Waals surface area contributed by atoms with Crippen LogP contribution in [0.2, 0.25) is 5.02 Å². The number of nitrogens with one attached hydrogen (secondary N) is 1. The molecule has 1 atom stereocenters. The van der Waals surface area contributed by atoms with Gasteiger partial charge in [-0.3, -0.25) is 11.3 Å². The Bertz CT molecular complexity index is 336. The fourth-order valence-electron chi connectivity index (χ4n) is 1.38. The van der Waals surface area contributed by atoms with Crippen LogP contribution in [0.3, 0.4) is 0 Å². The first kappa shape index (κ1) is 13.9. The van der Waals surface area contributed by atoms with Gasteiger partial charge in [-0.25, -0.2) is 0 Å². The zero-order chi connectivity index (χ0) is 12.0. The molecule has 0 saturated carbocycles. The molecule has 3 nitrogen and oxygen atoms in total. The van der Waals surface area contributed by atoms with Crippen LogP contribution in [0.1, 0.15) is 12.5 Å². The van der Waals surface area contributed by atoms with Gasteiger partial charge in [0.05, 0.1) is 6.61 Å². The molecule has 1 rings (SSSR count). The fraction of sp³-hybridized carbons (Fsp3) is 0.455. The molecule has 0 aromatic heterocycles. The first-order valence-corrected chi connectivity index (χ1v) is 6.32. The third kappa shape index (κ3) is 4.39. The summed E-state index contributed by atoms with van der Waals surface area (Å²) >= 11 is 9.50. The lowest BCUT2D eigenvalue weighted by Crippen LogP contribution is -2.40. The summed E-state index contributed by atoms with van der Waals surface area (Å²) in [7, 11) is 0. The van der Waals surface area contributed by atoms with Crippen LogP contribution < -0.4 is 11.3 Å². The minimum absolute atomic E-state index is 0.0821. The molecule has 1 aromatic rings. The first-order chi connectivity index (χ1) is 7.67. The van der Waals surface area contributed by atoms with Crippen LogP contribution in [0.15, 0.2) is 22.7 Å². The lowest BCUT2D eigenvalue weighted by atomic mass is 10.1. The van der Waals surface area contributed by atoms with Gasteiger partial charge in [0.1, 0.15) is 0 Å². The Labute approximate surface area is 109 Å². The molecular weight excluding hydrogens is 291 g/mol. The van der Waals surface area contributed by atoms with Crippen LogP contribution in [0.4, 0.5) is 0 Å². The summed E-state index contributed by atoms with van der Waals surface area (Å²) in [6, 6.07) is 5.92. The zero-order valence-electron chi connectivity index (χ0n) is 9.17. The minimum Gasteiger partial charge on any atom is -0.380 e. The highest BCUT2D eigenvalue weighted by Crippen LogP contribution is 2.22. The maximum Gasteiger partial charge on any atom is 0.0636 e. The highest BCUT2D eigenvalue weighted by molar-refractivity contribution is 9.10. The van der Waals surface area contributed by atoms with Gasteiger partial charge in [0.25, 0.3) is 0 Å². The molecule has 0 bridgehead atoms. The minimum atomic E-state index is 0.0821. The van der Waals surface area contributed by atoms with E-state index >= 15 is 0 Å². The van der Waals surface area contributed by atoms with Crippen molar-refractivity contribution < 1.29 is 4.74 Å². The molecule has 3 N–H and O–H groups in total. The molecule has 0 aliphatic carbocycles. The van der Waals surface area contributed by atoms with E-state index in [9.17, 15) is 0 Å². The molecule has 16 heavy (non-hydrogen) atoms. The molecule has 5 heteroatoms. The molecular formula is C11H16BrClN2O. The predicted molar refractivity (Wildman–Crippen MR) is 70.5 cm³/mol. The summed E-state index contributed by atoms with van der Waals surface area (Å²) < 4.78 is 6.30. The first-order valence-electron chi connectivity index (χ1n) is 5.15. The molecule has 0 radical (unpaired) electrons. The Hall–Kier alpha value is -0.130. The maximum absolute atomic E-state index is 6.13. The highest BCUT2D eigenvalue weighted by atomic mass is 79.9. The fourth-order valence-corrected chi connectivity index (χ4v) is 2.13. The van der Waals surface area contributed by atoms with Gasteiger partial charge in [-0.15, -0.1) is 0 Å². The highest BCUT2D eigenvalue weighted by Gasteiger charge is 2.10. The number of halogens is 2. The van der Waals surface area contributed by atoms with Gasteiger partial charge < -0.3 is 4.74 Å². The van der Waals surface area contributed by atoms with Crippen molar-refractivity contribution in [2.45, 2.75) is 19.4 Å².